The molecule has 0 radical (unpaired) electrons. The van der Waals surface area contributed by atoms with E-state index in [0.717, 1.165) is 36.9 Å². The van der Waals surface area contributed by atoms with Gasteiger partial charge in [-0.1, -0.05) is 37.3 Å². The summed E-state index contributed by atoms with van der Waals surface area (Å²) in [5.41, 5.74) is 2.42. The monoisotopic (exact) mass is 394 g/mol. The lowest BCUT2D eigenvalue weighted by molar-refractivity contribution is -0.118. The third kappa shape index (κ3) is 6.33. The Morgan fingerprint density at radius 1 is 1.07 bits per heavy atom. The first-order valence-corrected chi connectivity index (χ1v) is 10.9. The fourth-order valence-electron chi connectivity index (χ4n) is 4.16. The maximum absolute atomic E-state index is 12.4. The highest BCUT2D eigenvalue weighted by Gasteiger charge is 2.20. The number of ether oxygens (including phenoxy) is 1. The van der Waals surface area contributed by atoms with Gasteiger partial charge in [-0.15, -0.1) is 0 Å². The highest BCUT2D eigenvalue weighted by Crippen LogP contribution is 2.23. The average molecular weight is 395 g/mol. The van der Waals surface area contributed by atoms with Gasteiger partial charge in [-0.3, -0.25) is 4.79 Å². The predicted molar refractivity (Wildman–Crippen MR) is 120 cm³/mol. The first-order valence-electron chi connectivity index (χ1n) is 10.9. The number of benzene rings is 2. The van der Waals surface area contributed by atoms with Crippen molar-refractivity contribution in [3.63, 3.8) is 0 Å². The van der Waals surface area contributed by atoms with Crippen LogP contribution in [0.5, 0.6) is 5.75 Å². The number of nitrogens with zero attached hydrogens (tertiary/aromatic N) is 2. The van der Waals surface area contributed by atoms with Crippen molar-refractivity contribution in [2.24, 2.45) is 5.92 Å². The summed E-state index contributed by atoms with van der Waals surface area (Å²) >= 11 is 0. The number of piperidine rings is 1. The second kappa shape index (κ2) is 11.0. The molecular weight excluding hydrogens is 360 g/mol. The number of likely N-dealkylation sites (tertiary alicyclic amines) is 1. The van der Waals surface area contributed by atoms with Crippen molar-refractivity contribution in [3.05, 3.63) is 60.2 Å². The summed E-state index contributed by atoms with van der Waals surface area (Å²) in [6.45, 7) is 6.09. The fourth-order valence-corrected chi connectivity index (χ4v) is 4.16. The zero-order chi connectivity index (χ0) is 20.5. The second-order valence-electron chi connectivity index (χ2n) is 7.93. The molecule has 2 aromatic rings. The Balaban J connectivity index is 1.44. The van der Waals surface area contributed by atoms with E-state index >= 15 is 0 Å². The minimum Gasteiger partial charge on any atom is -0.497 e. The standard InChI is InChI=1S/C25H34N2O2/c1-3-25(28)27(23-10-12-24(29-2)13-11-23)17-7-16-26-18-14-22(15-19-26)20-21-8-5-4-6-9-21/h4-6,8-13,22H,3,7,14-20H2,1-2H3. The van der Waals surface area contributed by atoms with Crippen LogP contribution in [0.1, 0.15) is 38.2 Å². The molecule has 0 aliphatic carbocycles. The predicted octanol–water partition coefficient (Wildman–Crippen LogP) is 4.78. The first kappa shape index (κ1) is 21.4. The number of hydrogen-bond donors (Lipinski definition) is 0. The highest BCUT2D eigenvalue weighted by molar-refractivity contribution is 5.93. The van der Waals surface area contributed by atoms with Gasteiger partial charge in [0.15, 0.2) is 0 Å². The number of hydrogen-bond acceptors (Lipinski definition) is 3. The highest BCUT2D eigenvalue weighted by atomic mass is 16.5. The van der Waals surface area contributed by atoms with E-state index in [4.69, 9.17) is 4.74 Å². The zero-order valence-electron chi connectivity index (χ0n) is 17.8. The molecule has 4 heteroatoms. The molecule has 0 atom stereocenters. The molecule has 1 aliphatic heterocycles. The lowest BCUT2D eigenvalue weighted by Crippen LogP contribution is -2.37. The van der Waals surface area contributed by atoms with Crippen molar-refractivity contribution in [1.82, 2.24) is 4.90 Å². The maximum Gasteiger partial charge on any atom is 0.226 e. The van der Waals surface area contributed by atoms with Gasteiger partial charge >= 0.3 is 0 Å². The summed E-state index contributed by atoms with van der Waals surface area (Å²) in [5.74, 6) is 1.79. The van der Waals surface area contributed by atoms with Crippen molar-refractivity contribution in [3.8, 4) is 5.75 Å². The van der Waals surface area contributed by atoms with E-state index in [-0.39, 0.29) is 5.91 Å². The van der Waals surface area contributed by atoms with Gasteiger partial charge in [-0.2, -0.15) is 0 Å². The topological polar surface area (TPSA) is 32.8 Å². The molecule has 0 unspecified atom stereocenters. The van der Waals surface area contributed by atoms with Gasteiger partial charge in [-0.05, 0) is 81.1 Å². The summed E-state index contributed by atoms with van der Waals surface area (Å²) < 4.78 is 5.23. The molecule has 1 fully saturated rings. The van der Waals surface area contributed by atoms with E-state index in [1.54, 1.807) is 7.11 Å². The van der Waals surface area contributed by atoms with Crippen LogP contribution in [0.15, 0.2) is 54.6 Å². The van der Waals surface area contributed by atoms with E-state index in [1.807, 2.05) is 36.1 Å². The molecule has 0 N–H and O–H groups in total. The van der Waals surface area contributed by atoms with E-state index in [0.29, 0.717) is 6.42 Å². The number of amides is 1. The van der Waals surface area contributed by atoms with E-state index < -0.39 is 0 Å². The summed E-state index contributed by atoms with van der Waals surface area (Å²) in [7, 11) is 1.66. The van der Waals surface area contributed by atoms with E-state index in [2.05, 4.69) is 35.2 Å². The molecular formula is C25H34N2O2. The van der Waals surface area contributed by atoms with Crippen molar-refractivity contribution in [2.75, 3.05) is 38.2 Å². The Hall–Kier alpha value is -2.33. The summed E-state index contributed by atoms with van der Waals surface area (Å²) in [4.78, 5) is 16.9. The maximum atomic E-state index is 12.4. The first-order chi connectivity index (χ1) is 14.2. The van der Waals surface area contributed by atoms with E-state index in [1.165, 1.54) is 37.9 Å². The lowest BCUT2D eigenvalue weighted by Gasteiger charge is -2.32. The van der Waals surface area contributed by atoms with Crippen LogP contribution in [-0.2, 0) is 11.2 Å². The second-order valence-corrected chi connectivity index (χ2v) is 7.93. The van der Waals surface area contributed by atoms with Gasteiger partial charge < -0.3 is 14.5 Å². The molecule has 1 aliphatic rings. The summed E-state index contributed by atoms with van der Waals surface area (Å²) in [6, 6.07) is 18.6. The summed E-state index contributed by atoms with van der Waals surface area (Å²) in [6.07, 6.45) is 5.26. The largest absolute Gasteiger partial charge is 0.497 e. The van der Waals surface area contributed by atoms with Crippen molar-refractivity contribution < 1.29 is 9.53 Å². The summed E-state index contributed by atoms with van der Waals surface area (Å²) in [5, 5.41) is 0. The Kier molecular flexibility index (Phi) is 8.12. The van der Waals surface area contributed by atoms with Gasteiger partial charge in [-0.25, -0.2) is 0 Å². The van der Waals surface area contributed by atoms with Crippen molar-refractivity contribution >= 4 is 11.6 Å². The number of anilines is 1. The number of carbonyl (C=O) groups is 1. The van der Waals surface area contributed by atoms with Gasteiger partial charge in [0, 0.05) is 18.7 Å². The Morgan fingerprint density at radius 2 is 1.76 bits per heavy atom. The Bertz CT molecular complexity index is 737. The van der Waals surface area contributed by atoms with Gasteiger partial charge in [0.05, 0.1) is 7.11 Å². The van der Waals surface area contributed by atoms with Crippen LogP contribution in [0.4, 0.5) is 5.69 Å². The molecule has 1 heterocycles. The van der Waals surface area contributed by atoms with Gasteiger partial charge in [0.1, 0.15) is 5.75 Å². The van der Waals surface area contributed by atoms with Crippen LogP contribution < -0.4 is 9.64 Å². The van der Waals surface area contributed by atoms with Crippen LogP contribution in [0.25, 0.3) is 0 Å². The molecule has 0 saturated carbocycles. The van der Waals surface area contributed by atoms with E-state index in [9.17, 15) is 4.79 Å². The molecule has 29 heavy (non-hydrogen) atoms. The minimum absolute atomic E-state index is 0.178. The van der Waals surface area contributed by atoms with Gasteiger partial charge in [0.25, 0.3) is 0 Å². The molecule has 1 saturated heterocycles. The third-order valence-electron chi connectivity index (χ3n) is 5.92. The van der Waals surface area contributed by atoms with Crippen LogP contribution in [-0.4, -0.2) is 44.1 Å². The molecule has 156 valence electrons. The Morgan fingerprint density at radius 3 is 2.38 bits per heavy atom. The molecule has 4 nitrogen and oxygen atoms in total. The molecule has 2 aromatic carbocycles. The molecule has 0 bridgehead atoms. The third-order valence-corrected chi connectivity index (χ3v) is 5.92. The van der Waals surface area contributed by atoms with Gasteiger partial charge in [0.2, 0.25) is 5.91 Å². The van der Waals surface area contributed by atoms with Crippen molar-refractivity contribution in [2.45, 2.75) is 39.0 Å². The molecule has 0 spiro atoms. The van der Waals surface area contributed by atoms with Crippen LogP contribution in [0.3, 0.4) is 0 Å². The molecule has 0 aromatic heterocycles. The van der Waals surface area contributed by atoms with Crippen LogP contribution in [0, 0.1) is 5.92 Å². The normalized spacial score (nSPS) is 15.2. The zero-order valence-corrected chi connectivity index (χ0v) is 17.8. The quantitative estimate of drug-likeness (QED) is 0.613. The SMILES string of the molecule is CCC(=O)N(CCCN1CCC(Cc2ccccc2)CC1)c1ccc(OC)cc1. The fraction of sp³-hybridized carbons (Fsp3) is 0.480. The number of carbonyl (C=O) groups excluding carboxylic acids is 1. The number of methoxy groups -OCH3 is 1. The number of rotatable bonds is 9. The molecule has 3 rings (SSSR count). The van der Waals surface area contributed by atoms with Crippen LogP contribution in [0.2, 0.25) is 0 Å². The van der Waals surface area contributed by atoms with Crippen LogP contribution >= 0.6 is 0 Å². The average Bonchev–Trinajstić information content (AvgIpc) is 2.78. The molecule has 1 amide bonds. The lowest BCUT2D eigenvalue weighted by atomic mass is 9.90. The minimum atomic E-state index is 0.178. The smallest absolute Gasteiger partial charge is 0.226 e. The van der Waals surface area contributed by atoms with Crippen molar-refractivity contribution in [1.29, 1.82) is 0 Å². The Labute approximate surface area is 175 Å².